The van der Waals surface area contributed by atoms with Crippen molar-refractivity contribution in [1.82, 2.24) is 0 Å². The molecule has 0 spiro atoms. The molecule has 3 rings (SSSR count). The van der Waals surface area contributed by atoms with E-state index in [0.29, 0.717) is 16.5 Å². The molecule has 0 aliphatic heterocycles. The standard InChI is InChI=1S/C21H24ClNO2/c1-4-21(5-2)18(14-9-7-6-8-10-14)19(21)20(24)23-16-13-15(22)11-12-17(16)25-3/h6-13,18-19H,4-5H2,1-3H3,(H,23,24). The molecule has 1 saturated carbocycles. The summed E-state index contributed by atoms with van der Waals surface area (Å²) in [5.74, 6) is 0.883. The van der Waals surface area contributed by atoms with E-state index in [9.17, 15) is 4.79 Å². The molecule has 0 saturated heterocycles. The zero-order valence-electron chi connectivity index (χ0n) is 14.9. The van der Waals surface area contributed by atoms with Crippen LogP contribution in [0.4, 0.5) is 5.69 Å². The molecular formula is C21H24ClNO2. The Labute approximate surface area is 154 Å². The summed E-state index contributed by atoms with van der Waals surface area (Å²) < 4.78 is 5.34. The van der Waals surface area contributed by atoms with Gasteiger partial charge in [0.05, 0.1) is 18.7 Å². The SMILES string of the molecule is CCC1(CC)C(C(=O)Nc2cc(Cl)ccc2OC)C1c1ccccc1. The number of hydrogen-bond acceptors (Lipinski definition) is 2. The number of benzene rings is 2. The normalized spacial score (nSPS) is 20.8. The highest BCUT2D eigenvalue weighted by molar-refractivity contribution is 6.31. The van der Waals surface area contributed by atoms with E-state index in [1.54, 1.807) is 25.3 Å². The van der Waals surface area contributed by atoms with Gasteiger partial charge in [0.15, 0.2) is 0 Å². The summed E-state index contributed by atoms with van der Waals surface area (Å²) in [6.45, 7) is 4.35. The van der Waals surface area contributed by atoms with E-state index >= 15 is 0 Å². The summed E-state index contributed by atoms with van der Waals surface area (Å²) in [6.07, 6.45) is 1.96. The second-order valence-electron chi connectivity index (χ2n) is 6.64. The molecule has 2 aromatic rings. The van der Waals surface area contributed by atoms with Crippen LogP contribution in [0, 0.1) is 11.3 Å². The molecule has 0 bridgehead atoms. The summed E-state index contributed by atoms with van der Waals surface area (Å²) in [7, 11) is 1.59. The second kappa shape index (κ2) is 7.09. The summed E-state index contributed by atoms with van der Waals surface area (Å²) >= 11 is 6.08. The van der Waals surface area contributed by atoms with Crippen LogP contribution < -0.4 is 10.1 Å². The van der Waals surface area contributed by atoms with E-state index in [0.717, 1.165) is 12.8 Å². The fourth-order valence-electron chi connectivity index (χ4n) is 4.21. The number of hydrogen-bond donors (Lipinski definition) is 1. The Morgan fingerprint density at radius 3 is 2.44 bits per heavy atom. The highest BCUT2D eigenvalue weighted by Crippen LogP contribution is 2.69. The van der Waals surface area contributed by atoms with E-state index in [-0.39, 0.29) is 23.2 Å². The van der Waals surface area contributed by atoms with Gasteiger partial charge in [0.2, 0.25) is 5.91 Å². The molecule has 25 heavy (non-hydrogen) atoms. The first kappa shape index (κ1) is 17.8. The van der Waals surface area contributed by atoms with E-state index in [1.807, 2.05) is 18.2 Å². The molecule has 1 amide bonds. The highest BCUT2D eigenvalue weighted by atomic mass is 35.5. The number of amides is 1. The molecule has 0 heterocycles. The van der Waals surface area contributed by atoms with Crippen molar-refractivity contribution in [2.45, 2.75) is 32.6 Å². The molecule has 0 aromatic heterocycles. The molecule has 2 atom stereocenters. The van der Waals surface area contributed by atoms with Gasteiger partial charge in [-0.15, -0.1) is 0 Å². The molecule has 2 aromatic carbocycles. The monoisotopic (exact) mass is 357 g/mol. The third-order valence-electron chi connectivity index (χ3n) is 5.64. The number of ether oxygens (including phenoxy) is 1. The Morgan fingerprint density at radius 2 is 1.84 bits per heavy atom. The summed E-state index contributed by atoms with van der Waals surface area (Å²) in [5.41, 5.74) is 1.89. The molecule has 1 aliphatic rings. The van der Waals surface area contributed by atoms with Crippen molar-refractivity contribution in [2.75, 3.05) is 12.4 Å². The topological polar surface area (TPSA) is 38.3 Å². The van der Waals surface area contributed by atoms with Gasteiger partial charge in [-0.05, 0) is 42.0 Å². The maximum atomic E-state index is 13.1. The fraction of sp³-hybridized carbons (Fsp3) is 0.381. The van der Waals surface area contributed by atoms with Crippen molar-refractivity contribution < 1.29 is 9.53 Å². The van der Waals surface area contributed by atoms with E-state index < -0.39 is 0 Å². The van der Waals surface area contributed by atoms with Gasteiger partial charge in [0, 0.05) is 10.9 Å². The Hall–Kier alpha value is -2.00. The largest absolute Gasteiger partial charge is 0.495 e. The number of halogens is 1. The maximum Gasteiger partial charge on any atom is 0.228 e. The quantitative estimate of drug-likeness (QED) is 0.740. The van der Waals surface area contributed by atoms with Gasteiger partial charge >= 0.3 is 0 Å². The van der Waals surface area contributed by atoms with Crippen LogP contribution in [-0.2, 0) is 4.79 Å². The smallest absolute Gasteiger partial charge is 0.228 e. The third-order valence-corrected chi connectivity index (χ3v) is 5.88. The number of rotatable bonds is 6. The lowest BCUT2D eigenvalue weighted by Gasteiger charge is -2.14. The third kappa shape index (κ3) is 3.13. The average Bonchev–Trinajstić information content (AvgIpc) is 3.32. The number of carbonyl (C=O) groups excluding carboxylic acids is 1. The molecule has 1 aliphatic carbocycles. The van der Waals surface area contributed by atoms with Crippen LogP contribution in [-0.4, -0.2) is 13.0 Å². The van der Waals surface area contributed by atoms with Gasteiger partial charge < -0.3 is 10.1 Å². The Balaban J connectivity index is 1.87. The van der Waals surface area contributed by atoms with E-state index in [4.69, 9.17) is 16.3 Å². The first-order valence-electron chi connectivity index (χ1n) is 8.76. The van der Waals surface area contributed by atoms with Crippen LogP contribution in [0.1, 0.15) is 38.2 Å². The predicted molar refractivity (Wildman–Crippen MR) is 102 cm³/mol. The Kier molecular flexibility index (Phi) is 5.05. The minimum Gasteiger partial charge on any atom is -0.495 e. The summed E-state index contributed by atoms with van der Waals surface area (Å²) in [5, 5.41) is 3.61. The van der Waals surface area contributed by atoms with Crippen LogP contribution in [0.3, 0.4) is 0 Å². The van der Waals surface area contributed by atoms with Crippen LogP contribution >= 0.6 is 11.6 Å². The lowest BCUT2D eigenvalue weighted by molar-refractivity contribution is -0.118. The minimum absolute atomic E-state index is 0.0250. The number of methoxy groups -OCH3 is 1. The van der Waals surface area contributed by atoms with Gasteiger partial charge in [0.1, 0.15) is 5.75 Å². The van der Waals surface area contributed by atoms with Crippen LogP contribution in [0.25, 0.3) is 0 Å². The summed E-state index contributed by atoms with van der Waals surface area (Å²) in [6, 6.07) is 15.6. The van der Waals surface area contributed by atoms with Gasteiger partial charge in [-0.1, -0.05) is 55.8 Å². The van der Waals surface area contributed by atoms with Crippen molar-refractivity contribution in [3.05, 3.63) is 59.1 Å². The van der Waals surface area contributed by atoms with Crippen LogP contribution in [0.2, 0.25) is 5.02 Å². The fourth-order valence-corrected chi connectivity index (χ4v) is 4.38. The Bertz CT molecular complexity index is 756. The highest BCUT2D eigenvalue weighted by Gasteiger charge is 2.65. The summed E-state index contributed by atoms with van der Waals surface area (Å²) in [4.78, 5) is 13.1. The van der Waals surface area contributed by atoms with Crippen molar-refractivity contribution in [3.63, 3.8) is 0 Å². The molecule has 1 fully saturated rings. The zero-order chi connectivity index (χ0) is 18.0. The minimum atomic E-state index is -0.0337. The number of nitrogens with one attached hydrogen (secondary N) is 1. The van der Waals surface area contributed by atoms with Crippen molar-refractivity contribution in [1.29, 1.82) is 0 Å². The molecule has 132 valence electrons. The maximum absolute atomic E-state index is 13.1. The van der Waals surface area contributed by atoms with Gasteiger partial charge in [-0.25, -0.2) is 0 Å². The lowest BCUT2D eigenvalue weighted by atomic mass is 9.93. The van der Waals surface area contributed by atoms with Crippen molar-refractivity contribution in [3.8, 4) is 5.75 Å². The van der Waals surface area contributed by atoms with E-state index in [2.05, 4.69) is 31.3 Å². The molecular weight excluding hydrogens is 334 g/mol. The molecule has 0 radical (unpaired) electrons. The first-order valence-corrected chi connectivity index (χ1v) is 9.14. The van der Waals surface area contributed by atoms with Gasteiger partial charge in [0.25, 0.3) is 0 Å². The number of carbonyl (C=O) groups is 1. The average molecular weight is 358 g/mol. The molecule has 4 heteroatoms. The first-order chi connectivity index (χ1) is 12.1. The Morgan fingerprint density at radius 1 is 1.16 bits per heavy atom. The van der Waals surface area contributed by atoms with Crippen LogP contribution in [0.15, 0.2) is 48.5 Å². The second-order valence-corrected chi connectivity index (χ2v) is 7.08. The van der Waals surface area contributed by atoms with E-state index in [1.165, 1.54) is 5.56 Å². The van der Waals surface area contributed by atoms with Crippen molar-refractivity contribution >= 4 is 23.2 Å². The molecule has 1 N–H and O–H groups in total. The molecule has 2 unspecified atom stereocenters. The molecule has 3 nitrogen and oxygen atoms in total. The lowest BCUT2D eigenvalue weighted by Crippen LogP contribution is -2.18. The van der Waals surface area contributed by atoms with Gasteiger partial charge in [-0.3, -0.25) is 4.79 Å². The van der Waals surface area contributed by atoms with Gasteiger partial charge in [-0.2, -0.15) is 0 Å². The van der Waals surface area contributed by atoms with Crippen LogP contribution in [0.5, 0.6) is 5.75 Å². The zero-order valence-corrected chi connectivity index (χ0v) is 15.6. The predicted octanol–water partition coefficient (Wildman–Crippen LogP) is 5.51. The van der Waals surface area contributed by atoms with Crippen molar-refractivity contribution in [2.24, 2.45) is 11.3 Å². The number of anilines is 1.